The molecular weight excluding hydrogens is 322 g/mol. The average molecular weight is 336 g/mol. The minimum Gasteiger partial charge on any atom is -0.497 e. The van der Waals surface area contributed by atoms with E-state index in [1.54, 1.807) is 35.9 Å². The molecule has 4 aromatic rings. The molecule has 0 atom stereocenters. The van der Waals surface area contributed by atoms with Crippen LogP contribution in [0.1, 0.15) is 10.4 Å². The van der Waals surface area contributed by atoms with E-state index in [4.69, 9.17) is 16.3 Å². The van der Waals surface area contributed by atoms with Crippen molar-refractivity contribution in [3.05, 3.63) is 77.3 Å². The van der Waals surface area contributed by atoms with Gasteiger partial charge in [0.05, 0.1) is 18.1 Å². The summed E-state index contributed by atoms with van der Waals surface area (Å²) in [6.45, 7) is 0. The zero-order valence-corrected chi connectivity index (χ0v) is 13.7. The zero-order chi connectivity index (χ0) is 16.7. The first-order valence-electron chi connectivity index (χ1n) is 7.56. The maximum atomic E-state index is 13.1. The molecule has 0 unspecified atom stereocenters. The van der Waals surface area contributed by atoms with E-state index in [-0.39, 0.29) is 5.91 Å². The third kappa shape index (κ3) is 2.25. The first-order chi connectivity index (χ1) is 11.7. The molecule has 118 valence electrons. The fourth-order valence-corrected chi connectivity index (χ4v) is 3.19. The first kappa shape index (κ1) is 14.8. The molecular formula is C20H14ClNO2. The largest absolute Gasteiger partial charge is 0.497 e. The third-order valence-corrected chi connectivity index (χ3v) is 4.41. The van der Waals surface area contributed by atoms with Crippen molar-refractivity contribution < 1.29 is 9.53 Å². The molecule has 0 saturated carbocycles. The highest BCUT2D eigenvalue weighted by molar-refractivity contribution is 6.32. The van der Waals surface area contributed by atoms with Gasteiger partial charge in [-0.2, -0.15) is 0 Å². The van der Waals surface area contributed by atoms with Gasteiger partial charge < -0.3 is 4.74 Å². The molecule has 1 heterocycles. The van der Waals surface area contributed by atoms with E-state index in [0.717, 1.165) is 27.6 Å². The summed E-state index contributed by atoms with van der Waals surface area (Å²) in [4.78, 5) is 13.1. The molecule has 1 aromatic heterocycles. The lowest BCUT2D eigenvalue weighted by molar-refractivity contribution is 0.0969. The van der Waals surface area contributed by atoms with Gasteiger partial charge in [0.15, 0.2) is 0 Å². The zero-order valence-electron chi connectivity index (χ0n) is 13.0. The lowest BCUT2D eigenvalue weighted by Crippen LogP contribution is -2.11. The number of carbonyl (C=O) groups is 1. The van der Waals surface area contributed by atoms with Crippen LogP contribution in [-0.4, -0.2) is 17.6 Å². The number of fused-ring (bicyclic) bond motifs is 3. The van der Waals surface area contributed by atoms with Gasteiger partial charge in [-0.3, -0.25) is 9.36 Å². The fourth-order valence-electron chi connectivity index (χ4n) is 3.03. The highest BCUT2D eigenvalue weighted by Gasteiger charge is 2.17. The SMILES string of the molecule is COc1ccc(C(=O)n2c3ccccc3c3ccc(Cl)cc32)cc1. The van der Waals surface area contributed by atoms with Crippen molar-refractivity contribution in [1.29, 1.82) is 0 Å². The molecule has 24 heavy (non-hydrogen) atoms. The van der Waals surface area contributed by atoms with Crippen molar-refractivity contribution in [2.24, 2.45) is 0 Å². The van der Waals surface area contributed by atoms with Crippen LogP contribution in [-0.2, 0) is 0 Å². The first-order valence-corrected chi connectivity index (χ1v) is 7.94. The van der Waals surface area contributed by atoms with E-state index in [0.29, 0.717) is 10.6 Å². The maximum absolute atomic E-state index is 13.1. The number of ether oxygens (including phenoxy) is 1. The van der Waals surface area contributed by atoms with Crippen molar-refractivity contribution in [3.63, 3.8) is 0 Å². The fraction of sp³-hybridized carbons (Fsp3) is 0.0500. The molecule has 0 aliphatic heterocycles. The van der Waals surface area contributed by atoms with Crippen molar-refractivity contribution in [2.75, 3.05) is 7.11 Å². The Labute approximate surface area is 144 Å². The number of nitrogens with zero attached hydrogens (tertiary/aromatic N) is 1. The molecule has 0 aliphatic rings. The Hall–Kier alpha value is -2.78. The second-order valence-corrected chi connectivity index (χ2v) is 5.98. The van der Waals surface area contributed by atoms with Gasteiger partial charge in [0, 0.05) is 21.4 Å². The number of methoxy groups -OCH3 is 1. The van der Waals surface area contributed by atoms with Crippen LogP contribution in [0.25, 0.3) is 21.8 Å². The van der Waals surface area contributed by atoms with Gasteiger partial charge in [-0.05, 0) is 42.5 Å². The predicted molar refractivity (Wildman–Crippen MR) is 97.2 cm³/mol. The summed E-state index contributed by atoms with van der Waals surface area (Å²) in [6.07, 6.45) is 0. The van der Waals surface area contributed by atoms with E-state index in [1.807, 2.05) is 42.5 Å². The quantitative estimate of drug-likeness (QED) is 0.507. The number of rotatable bonds is 2. The lowest BCUT2D eigenvalue weighted by Gasteiger charge is -2.07. The van der Waals surface area contributed by atoms with E-state index in [2.05, 4.69) is 0 Å². The Morgan fingerprint density at radius 3 is 2.38 bits per heavy atom. The van der Waals surface area contributed by atoms with Crippen LogP contribution in [0.4, 0.5) is 0 Å². The van der Waals surface area contributed by atoms with Crippen LogP contribution in [0.2, 0.25) is 5.02 Å². The maximum Gasteiger partial charge on any atom is 0.262 e. The molecule has 3 nitrogen and oxygen atoms in total. The molecule has 0 saturated heterocycles. The number of hydrogen-bond acceptors (Lipinski definition) is 2. The average Bonchev–Trinajstić information content (AvgIpc) is 2.94. The molecule has 0 N–H and O–H groups in total. The smallest absolute Gasteiger partial charge is 0.262 e. The van der Waals surface area contributed by atoms with Crippen molar-refractivity contribution in [3.8, 4) is 5.75 Å². The molecule has 4 heteroatoms. The summed E-state index contributed by atoms with van der Waals surface area (Å²) in [5, 5.41) is 2.65. The van der Waals surface area contributed by atoms with Crippen molar-refractivity contribution >= 4 is 39.3 Å². The highest BCUT2D eigenvalue weighted by Crippen LogP contribution is 2.31. The van der Waals surface area contributed by atoms with Gasteiger partial charge in [0.1, 0.15) is 5.75 Å². The van der Waals surface area contributed by atoms with Gasteiger partial charge in [-0.1, -0.05) is 35.9 Å². The van der Waals surface area contributed by atoms with Gasteiger partial charge >= 0.3 is 0 Å². The standard InChI is InChI=1S/C20H14ClNO2/c1-24-15-9-6-13(7-10-15)20(23)22-18-5-3-2-4-16(18)17-11-8-14(21)12-19(17)22/h2-12H,1H3. The van der Waals surface area contributed by atoms with Crippen molar-refractivity contribution in [2.45, 2.75) is 0 Å². The van der Waals surface area contributed by atoms with Crippen molar-refractivity contribution in [1.82, 2.24) is 4.57 Å². The van der Waals surface area contributed by atoms with E-state index < -0.39 is 0 Å². The molecule has 3 aromatic carbocycles. The van der Waals surface area contributed by atoms with Crippen LogP contribution in [0, 0.1) is 0 Å². The molecule has 0 amide bonds. The number of aromatic nitrogens is 1. The Morgan fingerprint density at radius 2 is 1.62 bits per heavy atom. The monoisotopic (exact) mass is 335 g/mol. The van der Waals surface area contributed by atoms with Crippen LogP contribution in [0.15, 0.2) is 66.7 Å². The van der Waals surface area contributed by atoms with E-state index in [1.165, 1.54) is 0 Å². The Bertz CT molecular complexity index is 1060. The number of para-hydroxylation sites is 1. The number of halogens is 1. The topological polar surface area (TPSA) is 31.2 Å². The number of carbonyl (C=O) groups excluding carboxylic acids is 1. The van der Waals surface area contributed by atoms with Crippen LogP contribution in [0.3, 0.4) is 0 Å². The Kier molecular flexibility index (Phi) is 3.51. The lowest BCUT2D eigenvalue weighted by atomic mass is 10.2. The van der Waals surface area contributed by atoms with E-state index >= 15 is 0 Å². The molecule has 0 radical (unpaired) electrons. The second kappa shape index (κ2) is 5.69. The molecule has 0 fully saturated rings. The Balaban J connectivity index is 1.99. The molecule has 0 spiro atoms. The van der Waals surface area contributed by atoms with Crippen LogP contribution >= 0.6 is 11.6 Å². The van der Waals surface area contributed by atoms with Gasteiger partial charge in [-0.25, -0.2) is 0 Å². The molecule has 4 rings (SSSR count). The summed E-state index contributed by atoms with van der Waals surface area (Å²) in [5.41, 5.74) is 2.28. The van der Waals surface area contributed by atoms with E-state index in [9.17, 15) is 4.79 Å². The highest BCUT2D eigenvalue weighted by atomic mass is 35.5. The predicted octanol–water partition coefficient (Wildman–Crippen LogP) is 5.15. The third-order valence-electron chi connectivity index (χ3n) is 4.18. The number of hydrogen-bond donors (Lipinski definition) is 0. The van der Waals surface area contributed by atoms with Gasteiger partial charge in [-0.15, -0.1) is 0 Å². The minimum absolute atomic E-state index is 0.0916. The Morgan fingerprint density at radius 1 is 0.917 bits per heavy atom. The summed E-state index contributed by atoms with van der Waals surface area (Å²) < 4.78 is 6.88. The molecule has 0 bridgehead atoms. The summed E-state index contributed by atoms with van der Waals surface area (Å²) in [7, 11) is 1.60. The van der Waals surface area contributed by atoms with Crippen LogP contribution in [0.5, 0.6) is 5.75 Å². The molecule has 0 aliphatic carbocycles. The minimum atomic E-state index is -0.0916. The second-order valence-electron chi connectivity index (χ2n) is 5.55. The summed E-state index contributed by atoms with van der Waals surface area (Å²) in [5.74, 6) is 0.628. The summed E-state index contributed by atoms with van der Waals surface area (Å²) in [6, 6.07) is 20.6. The summed E-state index contributed by atoms with van der Waals surface area (Å²) >= 11 is 6.17. The van der Waals surface area contributed by atoms with Gasteiger partial charge in [0.2, 0.25) is 0 Å². The normalized spacial score (nSPS) is 11.1. The number of benzene rings is 3. The van der Waals surface area contributed by atoms with Gasteiger partial charge in [0.25, 0.3) is 5.91 Å². The van der Waals surface area contributed by atoms with Crippen LogP contribution < -0.4 is 4.74 Å².